The third-order valence-electron chi connectivity index (χ3n) is 2.82. The molecule has 0 aromatic rings. The molecule has 0 amide bonds. The Kier molecular flexibility index (Phi) is 5.18. The lowest BCUT2D eigenvalue weighted by molar-refractivity contribution is -0.167. The Labute approximate surface area is 96.1 Å². The monoisotopic (exact) mass is 231 g/mol. The van der Waals surface area contributed by atoms with Crippen molar-refractivity contribution in [3.8, 4) is 0 Å². The van der Waals surface area contributed by atoms with Crippen LogP contribution in [0.4, 0.5) is 0 Å². The molecule has 5 nitrogen and oxygen atoms in total. The molecule has 94 valence electrons. The van der Waals surface area contributed by atoms with Gasteiger partial charge in [0.05, 0.1) is 13.7 Å². The molecule has 1 aliphatic rings. The second-order valence-corrected chi connectivity index (χ2v) is 4.47. The zero-order valence-corrected chi connectivity index (χ0v) is 9.99. The minimum absolute atomic E-state index is 0.0103. The zero-order chi connectivity index (χ0) is 12.0. The lowest BCUT2D eigenvalue weighted by Gasteiger charge is -2.25. The highest BCUT2D eigenvalue weighted by Crippen LogP contribution is 2.13. The predicted molar refractivity (Wildman–Crippen MR) is 59.1 cm³/mol. The van der Waals surface area contributed by atoms with Gasteiger partial charge in [0.2, 0.25) is 0 Å². The average Bonchev–Trinajstić information content (AvgIpc) is 2.29. The van der Waals surface area contributed by atoms with Gasteiger partial charge in [-0.15, -0.1) is 0 Å². The molecule has 0 aromatic carbocycles. The molecule has 1 heterocycles. The topological polar surface area (TPSA) is 67.8 Å². The van der Waals surface area contributed by atoms with E-state index in [-0.39, 0.29) is 6.61 Å². The molecule has 1 unspecified atom stereocenters. The van der Waals surface area contributed by atoms with Crippen molar-refractivity contribution in [2.24, 2.45) is 5.92 Å². The van der Waals surface area contributed by atoms with Gasteiger partial charge in [-0.3, -0.25) is 0 Å². The van der Waals surface area contributed by atoms with Crippen LogP contribution in [0, 0.1) is 5.92 Å². The Morgan fingerprint density at radius 3 is 2.69 bits per heavy atom. The van der Waals surface area contributed by atoms with E-state index in [1.807, 2.05) is 0 Å². The summed E-state index contributed by atoms with van der Waals surface area (Å²) in [4.78, 5) is 11.2. The Bertz CT molecular complexity index is 224. The van der Waals surface area contributed by atoms with E-state index in [1.54, 1.807) is 0 Å². The van der Waals surface area contributed by atoms with Crippen molar-refractivity contribution >= 4 is 5.97 Å². The highest BCUT2D eigenvalue weighted by Gasteiger charge is 2.32. The minimum Gasteiger partial charge on any atom is -0.467 e. The Morgan fingerprint density at radius 1 is 1.50 bits per heavy atom. The number of ether oxygens (including phenoxy) is 2. The van der Waals surface area contributed by atoms with Crippen molar-refractivity contribution in [2.75, 3.05) is 33.4 Å². The van der Waals surface area contributed by atoms with Crippen molar-refractivity contribution in [1.29, 1.82) is 0 Å². The van der Waals surface area contributed by atoms with E-state index >= 15 is 0 Å². The highest BCUT2D eigenvalue weighted by molar-refractivity contribution is 5.78. The third kappa shape index (κ3) is 4.08. The number of carbonyl (C=O) groups excluding carboxylic acids is 1. The molecule has 0 spiro atoms. The van der Waals surface area contributed by atoms with Gasteiger partial charge in [0.1, 0.15) is 0 Å². The van der Waals surface area contributed by atoms with Gasteiger partial charge < -0.3 is 19.9 Å². The van der Waals surface area contributed by atoms with Gasteiger partial charge in [0.25, 0.3) is 0 Å². The molecule has 1 aliphatic heterocycles. The summed E-state index contributed by atoms with van der Waals surface area (Å²) in [5.74, 6) is -0.132. The number of aliphatic hydroxyl groups is 1. The first-order valence-electron chi connectivity index (χ1n) is 5.65. The summed E-state index contributed by atoms with van der Waals surface area (Å²) in [6, 6.07) is 0. The van der Waals surface area contributed by atoms with Gasteiger partial charge in [-0.25, -0.2) is 4.79 Å². The van der Waals surface area contributed by atoms with Gasteiger partial charge in [-0.2, -0.15) is 0 Å². The van der Waals surface area contributed by atoms with E-state index in [0.717, 1.165) is 25.9 Å². The normalized spacial score (nSPS) is 21.4. The number of piperidine rings is 1. The van der Waals surface area contributed by atoms with Gasteiger partial charge in [-0.1, -0.05) is 0 Å². The summed E-state index contributed by atoms with van der Waals surface area (Å²) in [5.41, 5.74) is -1.54. The second kappa shape index (κ2) is 6.18. The third-order valence-corrected chi connectivity index (χ3v) is 2.82. The number of hydrogen-bond acceptors (Lipinski definition) is 5. The quantitative estimate of drug-likeness (QED) is 0.648. The van der Waals surface area contributed by atoms with Crippen molar-refractivity contribution in [3.05, 3.63) is 0 Å². The molecule has 16 heavy (non-hydrogen) atoms. The zero-order valence-electron chi connectivity index (χ0n) is 9.99. The number of nitrogens with one attached hydrogen (secondary N) is 1. The molecule has 0 aromatic heterocycles. The van der Waals surface area contributed by atoms with Gasteiger partial charge in [-0.05, 0) is 38.8 Å². The summed E-state index contributed by atoms with van der Waals surface area (Å²) in [6.45, 7) is 4.02. The van der Waals surface area contributed by atoms with E-state index in [0.29, 0.717) is 12.5 Å². The largest absolute Gasteiger partial charge is 0.467 e. The maximum absolute atomic E-state index is 11.2. The highest BCUT2D eigenvalue weighted by atomic mass is 16.6. The fourth-order valence-corrected chi connectivity index (χ4v) is 1.75. The van der Waals surface area contributed by atoms with Crippen molar-refractivity contribution in [1.82, 2.24) is 5.32 Å². The summed E-state index contributed by atoms with van der Waals surface area (Å²) in [6.07, 6.45) is 2.17. The van der Waals surface area contributed by atoms with E-state index in [9.17, 15) is 9.90 Å². The smallest absolute Gasteiger partial charge is 0.339 e. The van der Waals surface area contributed by atoms with Crippen molar-refractivity contribution in [2.45, 2.75) is 25.4 Å². The second-order valence-electron chi connectivity index (χ2n) is 4.47. The first-order valence-corrected chi connectivity index (χ1v) is 5.65. The van der Waals surface area contributed by atoms with E-state index in [4.69, 9.17) is 4.74 Å². The average molecular weight is 231 g/mol. The maximum atomic E-state index is 11.2. The van der Waals surface area contributed by atoms with Crippen LogP contribution in [0.15, 0.2) is 0 Å². The number of hydrogen-bond donors (Lipinski definition) is 2. The minimum atomic E-state index is -1.54. The Balaban J connectivity index is 2.20. The number of esters is 1. The molecule has 1 fully saturated rings. The molecule has 0 bridgehead atoms. The lowest BCUT2D eigenvalue weighted by atomic mass is 9.99. The lowest BCUT2D eigenvalue weighted by Crippen LogP contribution is -2.41. The molecule has 2 N–H and O–H groups in total. The van der Waals surface area contributed by atoms with E-state index in [2.05, 4.69) is 10.1 Å². The van der Waals surface area contributed by atoms with E-state index < -0.39 is 11.6 Å². The molecule has 1 saturated heterocycles. The first-order chi connectivity index (χ1) is 7.56. The Hall–Kier alpha value is -0.650. The molecule has 5 heteroatoms. The fourth-order valence-electron chi connectivity index (χ4n) is 1.75. The number of rotatable bonds is 5. The van der Waals surface area contributed by atoms with Crippen molar-refractivity contribution < 1.29 is 19.4 Å². The van der Waals surface area contributed by atoms with Crippen LogP contribution >= 0.6 is 0 Å². The van der Waals surface area contributed by atoms with Crippen LogP contribution in [0.25, 0.3) is 0 Å². The fraction of sp³-hybridized carbons (Fsp3) is 0.909. The molecule has 0 radical (unpaired) electrons. The van der Waals surface area contributed by atoms with Gasteiger partial charge >= 0.3 is 5.97 Å². The van der Waals surface area contributed by atoms with E-state index in [1.165, 1.54) is 14.0 Å². The van der Waals surface area contributed by atoms with Crippen LogP contribution in [0.5, 0.6) is 0 Å². The maximum Gasteiger partial charge on any atom is 0.339 e. The summed E-state index contributed by atoms with van der Waals surface area (Å²) in [7, 11) is 1.25. The summed E-state index contributed by atoms with van der Waals surface area (Å²) < 4.78 is 9.86. The van der Waals surface area contributed by atoms with Gasteiger partial charge in [0.15, 0.2) is 5.60 Å². The first kappa shape index (κ1) is 13.4. The number of carbonyl (C=O) groups is 1. The standard InChI is InChI=1S/C11H21NO4/c1-11(14,10(13)15-2)8-16-7-9-3-5-12-6-4-9/h9,12,14H,3-8H2,1-2H3. The number of methoxy groups -OCH3 is 1. The van der Waals surface area contributed by atoms with Crippen molar-refractivity contribution in [3.63, 3.8) is 0 Å². The van der Waals surface area contributed by atoms with Crippen LogP contribution in [-0.4, -0.2) is 50.1 Å². The van der Waals surface area contributed by atoms with Crippen LogP contribution in [-0.2, 0) is 14.3 Å². The molecular formula is C11H21NO4. The molecule has 0 aliphatic carbocycles. The molecule has 1 rings (SSSR count). The Morgan fingerprint density at radius 2 is 2.12 bits per heavy atom. The predicted octanol–water partition coefficient (Wildman–Crippen LogP) is -0.0734. The van der Waals surface area contributed by atoms with Crippen LogP contribution < -0.4 is 5.32 Å². The van der Waals surface area contributed by atoms with Gasteiger partial charge in [0, 0.05) is 6.61 Å². The summed E-state index contributed by atoms with van der Waals surface area (Å²) >= 11 is 0. The summed E-state index contributed by atoms with van der Waals surface area (Å²) in [5, 5.41) is 13.0. The molecule has 0 saturated carbocycles. The SMILES string of the molecule is COC(=O)C(C)(O)COCC1CCNCC1. The molecule has 1 atom stereocenters. The molecular weight excluding hydrogens is 210 g/mol. The van der Waals surface area contributed by atoms with Crippen LogP contribution in [0.3, 0.4) is 0 Å². The van der Waals surface area contributed by atoms with Crippen LogP contribution in [0.1, 0.15) is 19.8 Å². The van der Waals surface area contributed by atoms with Crippen LogP contribution in [0.2, 0.25) is 0 Å².